The van der Waals surface area contributed by atoms with Crippen LogP contribution in [0, 0.1) is 13.8 Å². The van der Waals surface area contributed by atoms with Crippen LogP contribution < -0.4 is 5.32 Å². The molecule has 1 atom stereocenters. The molecule has 1 saturated heterocycles. The molecular formula is C17H28N2O. The highest BCUT2D eigenvalue weighted by atomic mass is 16.3. The van der Waals surface area contributed by atoms with Gasteiger partial charge < -0.3 is 10.4 Å². The Morgan fingerprint density at radius 2 is 2.20 bits per heavy atom. The van der Waals surface area contributed by atoms with Crippen LogP contribution in [0.25, 0.3) is 0 Å². The summed E-state index contributed by atoms with van der Waals surface area (Å²) in [6, 6.07) is 7.32. The number of nitrogens with one attached hydrogen (secondary N) is 1. The minimum Gasteiger partial charge on any atom is -0.396 e. The van der Waals surface area contributed by atoms with E-state index in [2.05, 4.69) is 42.3 Å². The second-order valence-corrected chi connectivity index (χ2v) is 6.04. The Morgan fingerprint density at radius 3 is 3.00 bits per heavy atom. The molecule has 0 saturated carbocycles. The van der Waals surface area contributed by atoms with Gasteiger partial charge in [-0.05, 0) is 57.3 Å². The zero-order valence-corrected chi connectivity index (χ0v) is 12.9. The van der Waals surface area contributed by atoms with Gasteiger partial charge in [-0.3, -0.25) is 4.90 Å². The number of aliphatic hydroxyl groups is 1. The van der Waals surface area contributed by atoms with Crippen molar-refractivity contribution in [2.75, 3.05) is 26.2 Å². The first-order valence-electron chi connectivity index (χ1n) is 7.82. The summed E-state index contributed by atoms with van der Waals surface area (Å²) < 4.78 is 0. The maximum Gasteiger partial charge on any atom is 0.0443 e. The van der Waals surface area contributed by atoms with E-state index in [1.165, 1.54) is 36.1 Å². The predicted molar refractivity (Wildman–Crippen MR) is 83.9 cm³/mol. The van der Waals surface area contributed by atoms with Gasteiger partial charge in [-0.1, -0.05) is 23.8 Å². The SMILES string of the molecule is Cc1ccc(C)c(CN2CCCC(NCCCO)C2)c1. The normalized spacial score (nSPS) is 20.2. The molecule has 1 aliphatic heterocycles. The quantitative estimate of drug-likeness (QED) is 0.782. The van der Waals surface area contributed by atoms with Gasteiger partial charge in [0.05, 0.1) is 0 Å². The van der Waals surface area contributed by atoms with Gasteiger partial charge in [0.2, 0.25) is 0 Å². The van der Waals surface area contributed by atoms with Crippen LogP contribution in [0.5, 0.6) is 0 Å². The van der Waals surface area contributed by atoms with E-state index >= 15 is 0 Å². The first kappa shape index (κ1) is 15.5. The van der Waals surface area contributed by atoms with Crippen molar-refractivity contribution in [1.82, 2.24) is 10.2 Å². The molecule has 0 aromatic heterocycles. The van der Waals surface area contributed by atoms with Crippen molar-refractivity contribution in [3.8, 4) is 0 Å². The van der Waals surface area contributed by atoms with Crippen LogP contribution in [-0.4, -0.2) is 42.3 Å². The van der Waals surface area contributed by atoms with E-state index in [0.717, 1.165) is 26.1 Å². The van der Waals surface area contributed by atoms with Crippen LogP contribution in [0.2, 0.25) is 0 Å². The van der Waals surface area contributed by atoms with E-state index in [-0.39, 0.29) is 6.61 Å². The summed E-state index contributed by atoms with van der Waals surface area (Å²) >= 11 is 0. The highest BCUT2D eigenvalue weighted by Gasteiger charge is 2.19. The minimum atomic E-state index is 0.284. The Labute approximate surface area is 123 Å². The smallest absolute Gasteiger partial charge is 0.0443 e. The molecular weight excluding hydrogens is 248 g/mol. The van der Waals surface area contributed by atoms with Crippen LogP contribution in [0.1, 0.15) is 36.0 Å². The van der Waals surface area contributed by atoms with Crippen molar-refractivity contribution in [1.29, 1.82) is 0 Å². The third-order valence-electron chi connectivity index (χ3n) is 4.17. The molecule has 0 spiro atoms. The molecule has 0 bridgehead atoms. The summed E-state index contributed by atoms with van der Waals surface area (Å²) in [4.78, 5) is 2.56. The zero-order chi connectivity index (χ0) is 14.4. The van der Waals surface area contributed by atoms with Gasteiger partial charge in [-0.25, -0.2) is 0 Å². The van der Waals surface area contributed by atoms with Crippen molar-refractivity contribution in [2.24, 2.45) is 0 Å². The van der Waals surface area contributed by atoms with Crippen LogP contribution in [0.4, 0.5) is 0 Å². The lowest BCUT2D eigenvalue weighted by Crippen LogP contribution is -2.45. The molecule has 1 aromatic rings. The molecule has 2 N–H and O–H groups in total. The predicted octanol–water partition coefficient (Wildman–Crippen LogP) is 2.24. The van der Waals surface area contributed by atoms with Gasteiger partial charge in [0.25, 0.3) is 0 Å². The summed E-state index contributed by atoms with van der Waals surface area (Å²) in [6.45, 7) is 8.97. The lowest BCUT2D eigenvalue weighted by Gasteiger charge is -2.33. The average molecular weight is 276 g/mol. The fourth-order valence-electron chi connectivity index (χ4n) is 2.96. The third kappa shape index (κ3) is 4.58. The van der Waals surface area contributed by atoms with Crippen molar-refractivity contribution < 1.29 is 5.11 Å². The van der Waals surface area contributed by atoms with Crippen LogP contribution >= 0.6 is 0 Å². The minimum absolute atomic E-state index is 0.284. The van der Waals surface area contributed by atoms with Gasteiger partial charge >= 0.3 is 0 Å². The Morgan fingerprint density at radius 1 is 1.35 bits per heavy atom. The number of piperidine rings is 1. The Bertz CT molecular complexity index is 419. The van der Waals surface area contributed by atoms with Gasteiger partial charge in [-0.15, -0.1) is 0 Å². The number of benzene rings is 1. The van der Waals surface area contributed by atoms with E-state index in [1.54, 1.807) is 0 Å². The first-order valence-corrected chi connectivity index (χ1v) is 7.82. The maximum absolute atomic E-state index is 8.85. The molecule has 1 aromatic carbocycles. The fourth-order valence-corrected chi connectivity index (χ4v) is 2.96. The van der Waals surface area contributed by atoms with Crippen molar-refractivity contribution >= 4 is 0 Å². The zero-order valence-electron chi connectivity index (χ0n) is 12.9. The molecule has 0 amide bonds. The lowest BCUT2D eigenvalue weighted by molar-refractivity contribution is 0.180. The number of hydrogen-bond acceptors (Lipinski definition) is 3. The second kappa shape index (κ2) is 7.77. The van der Waals surface area contributed by atoms with Crippen molar-refractivity contribution in [2.45, 2.75) is 45.7 Å². The maximum atomic E-state index is 8.85. The molecule has 112 valence electrons. The van der Waals surface area contributed by atoms with Crippen molar-refractivity contribution in [3.05, 3.63) is 34.9 Å². The number of aliphatic hydroxyl groups excluding tert-OH is 1. The van der Waals surface area contributed by atoms with Crippen LogP contribution in [0.15, 0.2) is 18.2 Å². The lowest BCUT2D eigenvalue weighted by atomic mass is 10.0. The van der Waals surface area contributed by atoms with E-state index in [1.807, 2.05) is 0 Å². The van der Waals surface area contributed by atoms with Gasteiger partial charge in [0, 0.05) is 25.7 Å². The number of rotatable bonds is 6. The molecule has 1 aliphatic rings. The number of nitrogens with zero attached hydrogens (tertiary/aromatic N) is 1. The molecule has 0 radical (unpaired) electrons. The molecule has 1 unspecified atom stereocenters. The molecule has 0 aliphatic carbocycles. The summed E-state index contributed by atoms with van der Waals surface area (Å²) in [5.74, 6) is 0. The fraction of sp³-hybridized carbons (Fsp3) is 0.647. The number of likely N-dealkylation sites (tertiary alicyclic amines) is 1. The Balaban J connectivity index is 1.87. The molecule has 3 nitrogen and oxygen atoms in total. The average Bonchev–Trinajstić information content (AvgIpc) is 2.44. The van der Waals surface area contributed by atoms with E-state index in [9.17, 15) is 0 Å². The second-order valence-electron chi connectivity index (χ2n) is 6.04. The monoisotopic (exact) mass is 276 g/mol. The van der Waals surface area contributed by atoms with Gasteiger partial charge in [0.15, 0.2) is 0 Å². The van der Waals surface area contributed by atoms with Gasteiger partial charge in [0.1, 0.15) is 0 Å². The summed E-state index contributed by atoms with van der Waals surface area (Å²) in [6.07, 6.45) is 3.38. The number of aryl methyl sites for hydroxylation is 2. The summed E-state index contributed by atoms with van der Waals surface area (Å²) in [5.41, 5.74) is 4.20. The van der Waals surface area contributed by atoms with E-state index in [4.69, 9.17) is 5.11 Å². The molecule has 2 rings (SSSR count). The third-order valence-corrected chi connectivity index (χ3v) is 4.17. The highest BCUT2D eigenvalue weighted by molar-refractivity contribution is 5.30. The van der Waals surface area contributed by atoms with Crippen LogP contribution in [-0.2, 0) is 6.54 Å². The van der Waals surface area contributed by atoms with E-state index < -0.39 is 0 Å². The summed E-state index contributed by atoms with van der Waals surface area (Å²) in [5, 5.41) is 12.4. The molecule has 1 heterocycles. The summed E-state index contributed by atoms with van der Waals surface area (Å²) in [7, 11) is 0. The molecule has 20 heavy (non-hydrogen) atoms. The van der Waals surface area contributed by atoms with E-state index in [0.29, 0.717) is 6.04 Å². The Hall–Kier alpha value is -0.900. The van der Waals surface area contributed by atoms with Gasteiger partial charge in [-0.2, -0.15) is 0 Å². The largest absolute Gasteiger partial charge is 0.396 e. The first-order chi connectivity index (χ1) is 9.69. The van der Waals surface area contributed by atoms with Crippen LogP contribution in [0.3, 0.4) is 0 Å². The topological polar surface area (TPSA) is 35.5 Å². The molecule has 1 fully saturated rings. The number of hydrogen-bond donors (Lipinski definition) is 2. The van der Waals surface area contributed by atoms with Crippen molar-refractivity contribution in [3.63, 3.8) is 0 Å². The molecule has 3 heteroatoms. The highest BCUT2D eigenvalue weighted by Crippen LogP contribution is 2.17. The Kier molecular flexibility index (Phi) is 6.02. The standard InChI is InChI=1S/C17H28N2O/c1-14-6-7-15(2)16(11-14)12-19-9-3-5-17(13-19)18-8-4-10-20/h6-7,11,17-18,20H,3-5,8-10,12-13H2,1-2H3.